The second kappa shape index (κ2) is 4.86. The summed E-state index contributed by atoms with van der Waals surface area (Å²) in [6.45, 7) is 2.91. The predicted molar refractivity (Wildman–Crippen MR) is 76.3 cm³/mol. The Hall–Kier alpha value is -1.13. The highest BCUT2D eigenvalue weighted by Crippen LogP contribution is 2.24. The Kier molecular flexibility index (Phi) is 3.22. The van der Waals surface area contributed by atoms with E-state index in [0.717, 1.165) is 33.8 Å². The number of imidazole rings is 1. The molecule has 1 heterocycles. The maximum Gasteiger partial charge on any atom is 0.121 e. The summed E-state index contributed by atoms with van der Waals surface area (Å²) >= 11 is 3.50. The molecule has 2 N–H and O–H groups in total. The normalized spacial score (nSPS) is 15.0. The fourth-order valence-electron chi connectivity index (χ4n) is 2.05. The summed E-state index contributed by atoms with van der Waals surface area (Å²) in [4.78, 5) is 8.04. The van der Waals surface area contributed by atoms with Gasteiger partial charge in [-0.25, -0.2) is 4.98 Å². The number of aryl methyl sites for hydroxylation is 1. The minimum Gasteiger partial charge on any atom is -0.344 e. The molecule has 1 aromatic carbocycles. The van der Waals surface area contributed by atoms with Crippen LogP contribution in [0.15, 0.2) is 28.7 Å². The number of hydrogen-bond donors (Lipinski definition) is 2. The SMILES string of the molecule is Cc1[nH]c(CNC2CC2)nc1-c1cccc(Br)c1. The van der Waals surface area contributed by atoms with Crippen molar-refractivity contribution in [3.05, 3.63) is 40.3 Å². The lowest BCUT2D eigenvalue weighted by Crippen LogP contribution is -2.16. The van der Waals surface area contributed by atoms with Gasteiger partial charge in [0.1, 0.15) is 5.82 Å². The molecule has 1 aromatic heterocycles. The Labute approximate surface area is 115 Å². The predicted octanol–water partition coefficient (Wildman–Crippen LogP) is 3.40. The maximum atomic E-state index is 4.68. The number of nitrogens with one attached hydrogen (secondary N) is 2. The number of aromatic amines is 1. The zero-order valence-electron chi connectivity index (χ0n) is 10.3. The summed E-state index contributed by atoms with van der Waals surface area (Å²) in [5.41, 5.74) is 3.32. The Bertz CT molecular complexity index is 558. The molecule has 1 saturated carbocycles. The van der Waals surface area contributed by atoms with E-state index in [1.807, 2.05) is 12.1 Å². The van der Waals surface area contributed by atoms with Crippen LogP contribution in [0.3, 0.4) is 0 Å². The van der Waals surface area contributed by atoms with Crippen LogP contribution in [0, 0.1) is 6.92 Å². The minimum absolute atomic E-state index is 0.713. The summed E-state index contributed by atoms with van der Waals surface area (Å²) in [5, 5.41) is 3.47. The second-order valence-electron chi connectivity index (χ2n) is 4.82. The summed E-state index contributed by atoms with van der Waals surface area (Å²) in [5.74, 6) is 1.02. The fourth-order valence-corrected chi connectivity index (χ4v) is 2.45. The van der Waals surface area contributed by atoms with E-state index in [9.17, 15) is 0 Å². The average Bonchev–Trinajstić information content (AvgIpc) is 3.10. The minimum atomic E-state index is 0.713. The standard InChI is InChI=1S/C14H16BrN3/c1-9-14(10-3-2-4-11(15)7-10)18-13(17-9)8-16-12-5-6-12/h2-4,7,12,16H,5-6,8H2,1H3,(H,17,18). The molecule has 4 heteroatoms. The van der Waals surface area contributed by atoms with Crippen molar-refractivity contribution in [3.8, 4) is 11.3 Å². The van der Waals surface area contributed by atoms with Gasteiger partial charge in [-0.05, 0) is 31.9 Å². The fraction of sp³-hybridized carbons (Fsp3) is 0.357. The molecule has 1 aliphatic rings. The Morgan fingerprint density at radius 1 is 1.44 bits per heavy atom. The van der Waals surface area contributed by atoms with Gasteiger partial charge < -0.3 is 10.3 Å². The highest BCUT2D eigenvalue weighted by atomic mass is 79.9. The lowest BCUT2D eigenvalue weighted by Gasteiger charge is -1.99. The Morgan fingerprint density at radius 2 is 2.28 bits per heavy atom. The monoisotopic (exact) mass is 305 g/mol. The molecule has 0 unspecified atom stereocenters. The lowest BCUT2D eigenvalue weighted by atomic mass is 10.1. The van der Waals surface area contributed by atoms with E-state index in [0.29, 0.717) is 6.04 Å². The molecule has 1 aliphatic carbocycles. The summed E-state index contributed by atoms with van der Waals surface area (Å²) in [7, 11) is 0. The van der Waals surface area contributed by atoms with Crippen molar-refractivity contribution < 1.29 is 0 Å². The van der Waals surface area contributed by atoms with Crippen molar-refractivity contribution in [2.24, 2.45) is 0 Å². The van der Waals surface area contributed by atoms with Crippen LogP contribution in [-0.4, -0.2) is 16.0 Å². The van der Waals surface area contributed by atoms with Gasteiger partial charge >= 0.3 is 0 Å². The van der Waals surface area contributed by atoms with Gasteiger partial charge in [-0.2, -0.15) is 0 Å². The van der Waals surface area contributed by atoms with E-state index in [1.165, 1.54) is 12.8 Å². The van der Waals surface area contributed by atoms with E-state index >= 15 is 0 Å². The smallest absolute Gasteiger partial charge is 0.121 e. The molecule has 0 spiro atoms. The number of H-pyrrole nitrogens is 1. The molecule has 0 amide bonds. The van der Waals surface area contributed by atoms with Crippen LogP contribution in [0.1, 0.15) is 24.4 Å². The first-order valence-electron chi connectivity index (χ1n) is 6.27. The highest BCUT2D eigenvalue weighted by Gasteiger charge is 2.20. The Balaban J connectivity index is 1.82. The third-order valence-electron chi connectivity index (χ3n) is 3.17. The van der Waals surface area contributed by atoms with Crippen molar-refractivity contribution in [1.82, 2.24) is 15.3 Å². The highest BCUT2D eigenvalue weighted by molar-refractivity contribution is 9.10. The third-order valence-corrected chi connectivity index (χ3v) is 3.66. The van der Waals surface area contributed by atoms with Crippen LogP contribution in [0.25, 0.3) is 11.3 Å². The number of rotatable bonds is 4. The zero-order valence-corrected chi connectivity index (χ0v) is 11.9. The van der Waals surface area contributed by atoms with Crippen LogP contribution < -0.4 is 5.32 Å². The summed E-state index contributed by atoms with van der Waals surface area (Å²) in [6, 6.07) is 8.97. The van der Waals surface area contributed by atoms with Crippen LogP contribution in [0.4, 0.5) is 0 Å². The van der Waals surface area contributed by atoms with E-state index in [4.69, 9.17) is 0 Å². The van der Waals surface area contributed by atoms with E-state index < -0.39 is 0 Å². The number of benzene rings is 1. The van der Waals surface area contributed by atoms with Crippen LogP contribution in [0.2, 0.25) is 0 Å². The first-order chi connectivity index (χ1) is 8.72. The quantitative estimate of drug-likeness (QED) is 0.909. The molecule has 0 aliphatic heterocycles. The Morgan fingerprint density at radius 3 is 3.00 bits per heavy atom. The lowest BCUT2D eigenvalue weighted by molar-refractivity contribution is 0.663. The molecular weight excluding hydrogens is 290 g/mol. The summed E-state index contributed by atoms with van der Waals surface area (Å²) in [6.07, 6.45) is 2.61. The molecule has 2 aromatic rings. The number of nitrogens with zero attached hydrogens (tertiary/aromatic N) is 1. The van der Waals surface area contributed by atoms with E-state index in [2.05, 4.69) is 50.3 Å². The van der Waals surface area contributed by atoms with Gasteiger partial charge in [0.2, 0.25) is 0 Å². The molecule has 94 valence electrons. The number of halogens is 1. The van der Waals surface area contributed by atoms with Crippen molar-refractivity contribution in [3.63, 3.8) is 0 Å². The van der Waals surface area contributed by atoms with Crippen LogP contribution in [0.5, 0.6) is 0 Å². The number of aromatic nitrogens is 2. The van der Waals surface area contributed by atoms with E-state index in [-0.39, 0.29) is 0 Å². The van der Waals surface area contributed by atoms with Crippen molar-refractivity contribution >= 4 is 15.9 Å². The zero-order chi connectivity index (χ0) is 12.5. The van der Waals surface area contributed by atoms with Gasteiger partial charge in [-0.3, -0.25) is 0 Å². The molecule has 0 bridgehead atoms. The second-order valence-corrected chi connectivity index (χ2v) is 5.74. The van der Waals surface area contributed by atoms with E-state index in [1.54, 1.807) is 0 Å². The number of hydrogen-bond acceptors (Lipinski definition) is 2. The molecule has 1 fully saturated rings. The summed E-state index contributed by atoms with van der Waals surface area (Å²) < 4.78 is 1.08. The van der Waals surface area contributed by atoms with Crippen LogP contribution in [-0.2, 0) is 6.54 Å². The first-order valence-corrected chi connectivity index (χ1v) is 7.06. The van der Waals surface area contributed by atoms with Gasteiger partial charge in [0, 0.05) is 21.8 Å². The molecule has 0 radical (unpaired) electrons. The molecule has 3 rings (SSSR count). The topological polar surface area (TPSA) is 40.7 Å². The van der Waals surface area contributed by atoms with Gasteiger partial charge in [0.25, 0.3) is 0 Å². The van der Waals surface area contributed by atoms with Gasteiger partial charge in [-0.15, -0.1) is 0 Å². The molecule has 18 heavy (non-hydrogen) atoms. The van der Waals surface area contributed by atoms with Crippen molar-refractivity contribution in [2.45, 2.75) is 32.4 Å². The molecule has 0 atom stereocenters. The average molecular weight is 306 g/mol. The molecular formula is C14H16BrN3. The van der Waals surface area contributed by atoms with Gasteiger partial charge in [0.05, 0.1) is 12.2 Å². The largest absolute Gasteiger partial charge is 0.344 e. The molecule has 3 nitrogen and oxygen atoms in total. The third kappa shape index (κ3) is 2.65. The van der Waals surface area contributed by atoms with Crippen LogP contribution >= 0.6 is 15.9 Å². The van der Waals surface area contributed by atoms with Crippen molar-refractivity contribution in [2.75, 3.05) is 0 Å². The van der Waals surface area contributed by atoms with Gasteiger partial charge in [0.15, 0.2) is 0 Å². The van der Waals surface area contributed by atoms with Gasteiger partial charge in [-0.1, -0.05) is 28.1 Å². The molecule has 0 saturated heterocycles. The maximum absolute atomic E-state index is 4.68. The van der Waals surface area contributed by atoms with Crippen molar-refractivity contribution in [1.29, 1.82) is 0 Å². The first kappa shape index (κ1) is 11.9.